The van der Waals surface area contributed by atoms with Crippen molar-refractivity contribution in [1.29, 1.82) is 0 Å². The van der Waals surface area contributed by atoms with E-state index in [1.165, 1.54) is 5.56 Å². The average Bonchev–Trinajstić information content (AvgIpc) is 2.88. The lowest BCUT2D eigenvalue weighted by molar-refractivity contribution is 0.826. The molecule has 0 unspecified atom stereocenters. The van der Waals surface area contributed by atoms with Gasteiger partial charge in [0.1, 0.15) is 11.5 Å². The van der Waals surface area contributed by atoms with Gasteiger partial charge >= 0.3 is 0 Å². The molecule has 0 atom stereocenters. The fourth-order valence-electron chi connectivity index (χ4n) is 2.09. The maximum absolute atomic E-state index is 4.66. The van der Waals surface area contributed by atoms with Gasteiger partial charge in [0.25, 0.3) is 0 Å². The standard InChI is InChI=1S/C14H20N4S/c1-5-6-15-14-12(9(2)3)10(4)17-13(18-14)11-7-19-8-16-11/h7-9H,5-6H2,1-4H3,(H,15,17,18). The predicted molar refractivity (Wildman–Crippen MR) is 80.7 cm³/mol. The summed E-state index contributed by atoms with van der Waals surface area (Å²) in [5.74, 6) is 2.07. The highest BCUT2D eigenvalue weighted by Crippen LogP contribution is 2.28. The van der Waals surface area contributed by atoms with E-state index < -0.39 is 0 Å². The Kier molecular flexibility index (Phi) is 4.47. The molecule has 4 nitrogen and oxygen atoms in total. The number of hydrogen-bond acceptors (Lipinski definition) is 5. The number of thiazole rings is 1. The Morgan fingerprint density at radius 1 is 1.32 bits per heavy atom. The molecule has 0 amide bonds. The second-order valence-corrected chi connectivity index (χ2v) is 5.57. The molecule has 2 aromatic rings. The van der Waals surface area contributed by atoms with Crippen LogP contribution in [-0.4, -0.2) is 21.5 Å². The van der Waals surface area contributed by atoms with Crippen LogP contribution in [0.5, 0.6) is 0 Å². The minimum atomic E-state index is 0.406. The van der Waals surface area contributed by atoms with E-state index in [0.29, 0.717) is 11.7 Å². The van der Waals surface area contributed by atoms with E-state index in [1.54, 1.807) is 11.3 Å². The second kappa shape index (κ2) is 6.10. The Morgan fingerprint density at radius 2 is 2.11 bits per heavy atom. The predicted octanol–water partition coefficient (Wildman–Crippen LogP) is 3.85. The number of hydrogen-bond donors (Lipinski definition) is 1. The second-order valence-electron chi connectivity index (χ2n) is 4.85. The van der Waals surface area contributed by atoms with Crippen molar-refractivity contribution in [3.8, 4) is 11.5 Å². The molecule has 0 spiro atoms. The lowest BCUT2D eigenvalue weighted by atomic mass is 10.0. The first kappa shape index (κ1) is 13.9. The van der Waals surface area contributed by atoms with Crippen LogP contribution < -0.4 is 5.32 Å². The van der Waals surface area contributed by atoms with Crippen LogP contribution in [0.25, 0.3) is 11.5 Å². The zero-order valence-corrected chi connectivity index (χ0v) is 12.7. The van der Waals surface area contributed by atoms with Gasteiger partial charge in [-0.25, -0.2) is 15.0 Å². The summed E-state index contributed by atoms with van der Waals surface area (Å²) in [6.07, 6.45) is 1.08. The monoisotopic (exact) mass is 276 g/mol. The molecule has 0 aliphatic rings. The Hall–Kier alpha value is -1.49. The SMILES string of the molecule is CCCNc1nc(-c2cscn2)nc(C)c1C(C)C. The van der Waals surface area contributed by atoms with Crippen LogP contribution in [0.1, 0.15) is 44.4 Å². The van der Waals surface area contributed by atoms with Gasteiger partial charge in [-0.15, -0.1) is 11.3 Å². The Balaban J connectivity index is 2.47. The fraction of sp³-hybridized carbons (Fsp3) is 0.500. The summed E-state index contributed by atoms with van der Waals surface area (Å²) in [5, 5.41) is 5.39. The largest absolute Gasteiger partial charge is 0.370 e. The van der Waals surface area contributed by atoms with Gasteiger partial charge in [-0.05, 0) is 19.3 Å². The minimum Gasteiger partial charge on any atom is -0.370 e. The summed E-state index contributed by atoms with van der Waals surface area (Å²) in [7, 11) is 0. The fourth-order valence-corrected chi connectivity index (χ4v) is 2.62. The quantitative estimate of drug-likeness (QED) is 0.901. The van der Waals surface area contributed by atoms with Gasteiger partial charge in [-0.1, -0.05) is 20.8 Å². The normalized spacial score (nSPS) is 11.0. The molecule has 1 N–H and O–H groups in total. The molecule has 102 valence electrons. The first-order valence-corrected chi connectivity index (χ1v) is 7.58. The van der Waals surface area contributed by atoms with Gasteiger partial charge in [0.15, 0.2) is 5.82 Å². The van der Waals surface area contributed by atoms with Gasteiger partial charge in [-0.2, -0.15) is 0 Å². The van der Waals surface area contributed by atoms with Crippen LogP contribution in [0.2, 0.25) is 0 Å². The van der Waals surface area contributed by atoms with Gasteiger partial charge < -0.3 is 5.32 Å². The number of nitrogens with zero attached hydrogens (tertiary/aromatic N) is 3. The Morgan fingerprint density at radius 3 is 2.68 bits per heavy atom. The van der Waals surface area contributed by atoms with Crippen molar-refractivity contribution in [3.05, 3.63) is 22.1 Å². The number of aryl methyl sites for hydroxylation is 1. The van der Waals surface area contributed by atoms with Crippen LogP contribution in [0.4, 0.5) is 5.82 Å². The Labute approximate surface area is 118 Å². The van der Waals surface area contributed by atoms with E-state index in [-0.39, 0.29) is 0 Å². The topological polar surface area (TPSA) is 50.7 Å². The van der Waals surface area contributed by atoms with Crippen LogP contribution in [0.3, 0.4) is 0 Å². The van der Waals surface area contributed by atoms with Crippen LogP contribution >= 0.6 is 11.3 Å². The van der Waals surface area contributed by atoms with Gasteiger partial charge in [-0.3, -0.25) is 0 Å². The summed E-state index contributed by atoms with van der Waals surface area (Å²) in [6, 6.07) is 0. The molecule has 2 heterocycles. The number of anilines is 1. The maximum atomic E-state index is 4.66. The number of rotatable bonds is 5. The molecule has 0 aliphatic heterocycles. The first-order valence-electron chi connectivity index (χ1n) is 6.64. The summed E-state index contributed by atoms with van der Waals surface area (Å²) in [6.45, 7) is 9.46. The smallest absolute Gasteiger partial charge is 0.181 e. The molecular weight excluding hydrogens is 256 g/mol. The molecule has 0 aliphatic carbocycles. The van der Waals surface area contributed by atoms with Gasteiger partial charge in [0, 0.05) is 23.2 Å². The summed E-state index contributed by atoms with van der Waals surface area (Å²) >= 11 is 1.56. The number of aromatic nitrogens is 3. The molecule has 0 aromatic carbocycles. The van der Waals surface area contributed by atoms with Crippen molar-refractivity contribution >= 4 is 17.2 Å². The third kappa shape index (κ3) is 3.10. The van der Waals surface area contributed by atoms with Crippen molar-refractivity contribution in [3.63, 3.8) is 0 Å². The zero-order chi connectivity index (χ0) is 13.8. The van der Waals surface area contributed by atoms with Crippen LogP contribution in [-0.2, 0) is 0 Å². The Bertz CT molecular complexity index is 535. The van der Waals surface area contributed by atoms with E-state index in [2.05, 4.69) is 41.0 Å². The van der Waals surface area contributed by atoms with Crippen LogP contribution in [0, 0.1) is 6.92 Å². The molecule has 0 bridgehead atoms. The van der Waals surface area contributed by atoms with E-state index >= 15 is 0 Å². The molecule has 0 saturated heterocycles. The molecular formula is C14H20N4S. The summed E-state index contributed by atoms with van der Waals surface area (Å²) in [5.41, 5.74) is 4.89. The zero-order valence-electron chi connectivity index (χ0n) is 11.9. The number of nitrogens with one attached hydrogen (secondary N) is 1. The van der Waals surface area contributed by atoms with Gasteiger partial charge in [0.2, 0.25) is 0 Å². The molecule has 19 heavy (non-hydrogen) atoms. The lowest BCUT2D eigenvalue weighted by Crippen LogP contribution is -2.10. The minimum absolute atomic E-state index is 0.406. The molecule has 0 saturated carbocycles. The van der Waals surface area contributed by atoms with E-state index in [1.807, 2.05) is 17.8 Å². The summed E-state index contributed by atoms with van der Waals surface area (Å²) in [4.78, 5) is 13.5. The van der Waals surface area contributed by atoms with E-state index in [9.17, 15) is 0 Å². The lowest BCUT2D eigenvalue weighted by Gasteiger charge is -2.16. The van der Waals surface area contributed by atoms with Crippen molar-refractivity contribution in [2.75, 3.05) is 11.9 Å². The van der Waals surface area contributed by atoms with E-state index in [0.717, 1.165) is 30.2 Å². The third-order valence-electron chi connectivity index (χ3n) is 2.92. The van der Waals surface area contributed by atoms with Crippen LogP contribution in [0.15, 0.2) is 10.9 Å². The van der Waals surface area contributed by atoms with E-state index in [4.69, 9.17) is 0 Å². The molecule has 2 rings (SSSR count). The highest BCUT2D eigenvalue weighted by atomic mass is 32.1. The maximum Gasteiger partial charge on any atom is 0.181 e. The highest BCUT2D eigenvalue weighted by molar-refractivity contribution is 7.07. The van der Waals surface area contributed by atoms with Crippen molar-refractivity contribution < 1.29 is 0 Å². The van der Waals surface area contributed by atoms with Gasteiger partial charge in [0.05, 0.1) is 5.51 Å². The first-order chi connectivity index (χ1) is 9.13. The molecule has 2 aromatic heterocycles. The molecule has 0 radical (unpaired) electrons. The third-order valence-corrected chi connectivity index (χ3v) is 3.50. The van der Waals surface area contributed by atoms with Crippen molar-refractivity contribution in [2.45, 2.75) is 40.0 Å². The summed E-state index contributed by atoms with van der Waals surface area (Å²) < 4.78 is 0. The highest BCUT2D eigenvalue weighted by Gasteiger charge is 2.15. The van der Waals surface area contributed by atoms with Crippen molar-refractivity contribution in [2.24, 2.45) is 0 Å². The average molecular weight is 276 g/mol. The van der Waals surface area contributed by atoms with Crippen molar-refractivity contribution in [1.82, 2.24) is 15.0 Å². The molecule has 5 heteroatoms. The molecule has 0 fully saturated rings.